The van der Waals surface area contributed by atoms with Gasteiger partial charge in [0.15, 0.2) is 11.5 Å². The van der Waals surface area contributed by atoms with Crippen LogP contribution < -0.4 is 23.7 Å². The van der Waals surface area contributed by atoms with E-state index in [1.54, 1.807) is 72.8 Å². The summed E-state index contributed by atoms with van der Waals surface area (Å²) in [4.78, 5) is 25.9. The molecular formula is C43H52N2O7. The Balaban J connectivity index is 1.57. The van der Waals surface area contributed by atoms with E-state index in [0.29, 0.717) is 65.3 Å². The molecule has 0 heterocycles. The Hall–Kier alpha value is -5.18. The molecule has 276 valence electrons. The van der Waals surface area contributed by atoms with Gasteiger partial charge in [-0.25, -0.2) is 9.59 Å². The number of esters is 2. The fraction of sp³-hybridized carbons (Fsp3) is 0.395. The number of hydrogen-bond donors (Lipinski definition) is 0. The number of ether oxygens (including phenoxy) is 5. The zero-order valence-electron chi connectivity index (χ0n) is 31.0. The van der Waals surface area contributed by atoms with Crippen molar-refractivity contribution in [3.63, 3.8) is 0 Å². The fourth-order valence-electron chi connectivity index (χ4n) is 5.10. The number of benzene rings is 4. The molecule has 0 fully saturated rings. The Morgan fingerprint density at radius 3 is 1.65 bits per heavy atom. The molecule has 4 rings (SSSR count). The molecule has 52 heavy (non-hydrogen) atoms. The van der Waals surface area contributed by atoms with Gasteiger partial charge < -0.3 is 23.7 Å². The third-order valence-electron chi connectivity index (χ3n) is 8.21. The Kier molecular flexibility index (Phi) is 16.7. The molecule has 0 saturated heterocycles. The van der Waals surface area contributed by atoms with Gasteiger partial charge in [-0.15, -0.1) is 5.11 Å². The highest BCUT2D eigenvalue weighted by atomic mass is 16.6. The summed E-state index contributed by atoms with van der Waals surface area (Å²) < 4.78 is 29.9. The van der Waals surface area contributed by atoms with Crippen molar-refractivity contribution in [1.29, 1.82) is 0 Å². The highest BCUT2D eigenvalue weighted by Gasteiger charge is 2.21. The normalized spacial score (nSPS) is 11.0. The van der Waals surface area contributed by atoms with Gasteiger partial charge >= 0.3 is 11.9 Å². The number of carbonyl (C=O) groups excluding carboxylic acids is 2. The monoisotopic (exact) mass is 708 g/mol. The van der Waals surface area contributed by atoms with Crippen molar-refractivity contribution in [3.05, 3.63) is 102 Å². The van der Waals surface area contributed by atoms with Crippen molar-refractivity contribution in [3.8, 4) is 28.7 Å². The Labute approximate surface area is 308 Å². The van der Waals surface area contributed by atoms with Gasteiger partial charge in [-0.1, -0.05) is 83.4 Å². The van der Waals surface area contributed by atoms with Crippen LogP contribution in [-0.2, 0) is 0 Å². The quantitative estimate of drug-likeness (QED) is 0.0346. The third kappa shape index (κ3) is 12.9. The summed E-state index contributed by atoms with van der Waals surface area (Å²) in [6.07, 6.45) is 10.1. The third-order valence-corrected chi connectivity index (χ3v) is 8.21. The molecule has 0 aliphatic carbocycles. The Bertz CT molecular complexity index is 1700. The molecule has 0 amide bonds. The average Bonchev–Trinajstić information content (AvgIpc) is 3.16. The minimum absolute atomic E-state index is 0.242. The van der Waals surface area contributed by atoms with E-state index in [1.807, 2.05) is 19.1 Å². The van der Waals surface area contributed by atoms with E-state index >= 15 is 0 Å². The molecule has 0 bridgehead atoms. The Morgan fingerprint density at radius 2 is 1.04 bits per heavy atom. The maximum atomic E-state index is 13.3. The van der Waals surface area contributed by atoms with Crippen molar-refractivity contribution in [2.24, 2.45) is 10.2 Å². The molecule has 0 aliphatic heterocycles. The second-order valence-corrected chi connectivity index (χ2v) is 12.6. The Morgan fingerprint density at radius 1 is 0.500 bits per heavy atom. The summed E-state index contributed by atoms with van der Waals surface area (Å²) in [7, 11) is 0. The summed E-state index contributed by atoms with van der Waals surface area (Å²) in [5.74, 6) is 1.05. The summed E-state index contributed by atoms with van der Waals surface area (Å²) in [5.41, 5.74) is 2.90. The molecule has 0 atom stereocenters. The van der Waals surface area contributed by atoms with Crippen LogP contribution in [0.1, 0.15) is 111 Å². The van der Waals surface area contributed by atoms with Gasteiger partial charge in [0.25, 0.3) is 0 Å². The van der Waals surface area contributed by atoms with Crippen molar-refractivity contribution < 1.29 is 33.3 Å². The number of nitrogens with zero attached hydrogens (tertiary/aromatic N) is 2. The molecule has 0 unspecified atom stereocenters. The summed E-state index contributed by atoms with van der Waals surface area (Å²) in [5, 5.41) is 8.98. The van der Waals surface area contributed by atoms with Crippen LogP contribution in [0, 0.1) is 6.92 Å². The van der Waals surface area contributed by atoms with E-state index in [-0.39, 0.29) is 5.75 Å². The minimum atomic E-state index is -0.526. The summed E-state index contributed by atoms with van der Waals surface area (Å²) in [6.45, 7) is 9.87. The molecule has 0 aliphatic rings. The molecule has 0 radical (unpaired) electrons. The zero-order valence-corrected chi connectivity index (χ0v) is 31.0. The minimum Gasteiger partial charge on any atom is -0.494 e. The highest BCUT2D eigenvalue weighted by Crippen LogP contribution is 2.46. The molecule has 0 saturated carbocycles. The van der Waals surface area contributed by atoms with Crippen molar-refractivity contribution in [2.45, 2.75) is 91.9 Å². The number of aryl methyl sites for hydroxylation is 1. The van der Waals surface area contributed by atoms with E-state index < -0.39 is 11.9 Å². The number of unbranched alkanes of at least 4 members (excludes halogenated alkanes) is 7. The van der Waals surface area contributed by atoms with Gasteiger partial charge in [0.05, 0.1) is 36.6 Å². The van der Waals surface area contributed by atoms with Crippen LogP contribution in [-0.4, -0.2) is 31.8 Å². The van der Waals surface area contributed by atoms with Gasteiger partial charge in [0.2, 0.25) is 5.75 Å². The smallest absolute Gasteiger partial charge is 0.343 e. The molecule has 9 nitrogen and oxygen atoms in total. The van der Waals surface area contributed by atoms with Crippen molar-refractivity contribution in [2.75, 3.05) is 19.8 Å². The lowest BCUT2D eigenvalue weighted by Gasteiger charge is -2.18. The first-order valence-electron chi connectivity index (χ1n) is 18.6. The standard InChI is InChI=1S/C43H52N2O7/c1-5-8-11-13-30-49-40-38(45-44-35-21-25-37(26-22-35)51-42(46)33-17-15-32(4)16-18-33)27-28-39(41(40)50-31-14-12-9-6-2)52-43(47)34-19-23-36(24-20-34)48-29-10-7-3/h15-28H,5-14,29-31H2,1-4H3. The molecular weight excluding hydrogens is 656 g/mol. The van der Waals surface area contributed by atoms with Gasteiger partial charge in [-0.2, -0.15) is 5.11 Å². The van der Waals surface area contributed by atoms with Gasteiger partial charge in [0.1, 0.15) is 17.2 Å². The lowest BCUT2D eigenvalue weighted by Crippen LogP contribution is -2.11. The van der Waals surface area contributed by atoms with Crippen LogP contribution in [0.3, 0.4) is 0 Å². The van der Waals surface area contributed by atoms with Crippen LogP contribution in [0.2, 0.25) is 0 Å². The molecule has 4 aromatic carbocycles. The van der Waals surface area contributed by atoms with E-state index in [9.17, 15) is 9.59 Å². The van der Waals surface area contributed by atoms with E-state index in [2.05, 4.69) is 31.0 Å². The molecule has 9 heteroatoms. The maximum Gasteiger partial charge on any atom is 0.343 e. The van der Waals surface area contributed by atoms with Crippen LogP contribution >= 0.6 is 0 Å². The number of rotatable bonds is 22. The molecule has 4 aromatic rings. The second kappa shape index (κ2) is 21.9. The van der Waals surface area contributed by atoms with Crippen molar-refractivity contribution in [1.82, 2.24) is 0 Å². The average molecular weight is 709 g/mol. The zero-order chi connectivity index (χ0) is 37.0. The van der Waals surface area contributed by atoms with E-state index in [4.69, 9.17) is 23.7 Å². The first kappa shape index (κ1) is 39.6. The van der Waals surface area contributed by atoms with Crippen molar-refractivity contribution >= 4 is 23.3 Å². The maximum absolute atomic E-state index is 13.3. The number of azo groups is 1. The van der Waals surface area contributed by atoms with Gasteiger partial charge in [-0.05, 0) is 99.0 Å². The molecule has 0 aromatic heterocycles. The van der Waals surface area contributed by atoms with Crippen LogP contribution in [0.15, 0.2) is 95.2 Å². The topological polar surface area (TPSA) is 105 Å². The fourth-order valence-corrected chi connectivity index (χ4v) is 5.10. The van der Waals surface area contributed by atoms with E-state index in [0.717, 1.165) is 69.8 Å². The van der Waals surface area contributed by atoms with Crippen LogP contribution in [0.4, 0.5) is 11.4 Å². The second-order valence-electron chi connectivity index (χ2n) is 12.6. The lowest BCUT2D eigenvalue weighted by molar-refractivity contribution is 0.0720. The predicted octanol–water partition coefficient (Wildman–Crippen LogP) is 11.9. The first-order chi connectivity index (χ1) is 25.4. The lowest BCUT2D eigenvalue weighted by atomic mass is 10.1. The van der Waals surface area contributed by atoms with Gasteiger partial charge in [-0.3, -0.25) is 0 Å². The number of hydrogen-bond acceptors (Lipinski definition) is 9. The SMILES string of the molecule is CCCCCCOc1c(N=Nc2ccc(OC(=O)c3ccc(C)cc3)cc2)ccc(OC(=O)c2ccc(OCCCC)cc2)c1OCCCCCC. The van der Waals surface area contributed by atoms with Crippen LogP contribution in [0.5, 0.6) is 28.7 Å². The predicted molar refractivity (Wildman–Crippen MR) is 204 cm³/mol. The van der Waals surface area contributed by atoms with Crippen LogP contribution in [0.25, 0.3) is 0 Å². The highest BCUT2D eigenvalue weighted by molar-refractivity contribution is 5.92. The first-order valence-corrected chi connectivity index (χ1v) is 18.6. The molecule has 0 N–H and O–H groups in total. The summed E-state index contributed by atoms with van der Waals surface area (Å²) in [6, 6.07) is 24.3. The number of carbonyl (C=O) groups is 2. The largest absolute Gasteiger partial charge is 0.494 e. The van der Waals surface area contributed by atoms with E-state index in [1.165, 1.54) is 0 Å². The summed E-state index contributed by atoms with van der Waals surface area (Å²) >= 11 is 0. The molecule has 0 spiro atoms. The van der Waals surface area contributed by atoms with Gasteiger partial charge in [0, 0.05) is 0 Å².